The molecule has 0 N–H and O–H groups in total. The molecule has 1 aliphatic rings. The minimum absolute atomic E-state index is 0.0482. The highest BCUT2D eigenvalue weighted by Gasteiger charge is 2.29. The summed E-state index contributed by atoms with van der Waals surface area (Å²) in [5.41, 5.74) is -0.569. The minimum Gasteiger partial charge on any atom is -0.354 e. The van der Waals surface area contributed by atoms with E-state index in [4.69, 9.17) is 0 Å². The van der Waals surface area contributed by atoms with Crippen LogP contribution in [0.1, 0.15) is 0 Å². The predicted octanol–water partition coefficient (Wildman–Crippen LogP) is 0.143. The molecule has 2 aromatic heterocycles. The van der Waals surface area contributed by atoms with Gasteiger partial charge in [-0.1, -0.05) is 6.07 Å². The van der Waals surface area contributed by atoms with Gasteiger partial charge in [0.05, 0.1) is 15.8 Å². The molecule has 0 radical (unpaired) electrons. The lowest BCUT2D eigenvalue weighted by Crippen LogP contribution is -2.48. The van der Waals surface area contributed by atoms with Crippen molar-refractivity contribution in [2.45, 2.75) is 4.90 Å². The summed E-state index contributed by atoms with van der Waals surface area (Å²) < 4.78 is 30.0. The molecule has 10 heteroatoms. The number of aromatic nitrogens is 3. The normalized spacial score (nSPS) is 15.7. The van der Waals surface area contributed by atoms with E-state index in [9.17, 15) is 18.0 Å². The summed E-state index contributed by atoms with van der Waals surface area (Å²) in [4.78, 5) is 31.0. The van der Waals surface area contributed by atoms with Crippen molar-refractivity contribution in [2.24, 2.45) is 14.1 Å². The maximum Gasteiger partial charge on any atom is 0.330 e. The van der Waals surface area contributed by atoms with Crippen molar-refractivity contribution in [3.05, 3.63) is 63.4 Å². The Hall–Kier alpha value is -2.98. The molecule has 9 nitrogen and oxygen atoms in total. The first-order valence-electron chi connectivity index (χ1n) is 9.16. The molecule has 4 rings (SSSR count). The van der Waals surface area contributed by atoms with E-state index in [-0.39, 0.29) is 10.3 Å². The van der Waals surface area contributed by atoms with Gasteiger partial charge in [0.25, 0.3) is 5.56 Å². The van der Waals surface area contributed by atoms with E-state index in [1.807, 2.05) is 23.1 Å². The van der Waals surface area contributed by atoms with Crippen molar-refractivity contribution in [1.82, 2.24) is 18.4 Å². The van der Waals surface area contributed by atoms with Gasteiger partial charge in [-0.05, 0) is 30.3 Å². The number of anilines is 1. The number of hydrogen-bond acceptors (Lipinski definition) is 6. The number of aryl methyl sites for hydroxylation is 1. The summed E-state index contributed by atoms with van der Waals surface area (Å²) in [6.45, 7) is 1.70. The number of pyridine rings is 1. The first kappa shape index (κ1) is 19.3. The number of piperazine rings is 1. The molecule has 1 aliphatic heterocycles. The van der Waals surface area contributed by atoms with E-state index in [0.29, 0.717) is 31.7 Å². The number of fused-ring (bicyclic) bond motifs is 1. The number of hydrogen-bond donors (Lipinski definition) is 0. The lowest BCUT2D eigenvalue weighted by atomic mass is 10.2. The van der Waals surface area contributed by atoms with Gasteiger partial charge in [0, 0.05) is 46.5 Å². The SMILES string of the molecule is Cn1c(=O)c2cc(S(=O)(=O)N3CCN(c4ccccn4)CC3)ccc2n(C)c1=O. The third-order valence-electron chi connectivity index (χ3n) is 5.29. The van der Waals surface area contributed by atoms with Crippen LogP contribution in [0.3, 0.4) is 0 Å². The standard InChI is InChI=1S/C19H21N5O4S/c1-21-16-7-6-14(13-15(16)18(25)22(2)19(21)26)29(27,28)24-11-9-23(10-12-24)17-5-3-4-8-20-17/h3-8,13H,9-12H2,1-2H3. The fraction of sp³-hybridized carbons (Fsp3) is 0.316. The lowest BCUT2D eigenvalue weighted by molar-refractivity contribution is 0.384. The van der Waals surface area contributed by atoms with Crippen LogP contribution < -0.4 is 16.1 Å². The Morgan fingerprint density at radius 2 is 1.66 bits per heavy atom. The molecule has 0 saturated carbocycles. The summed E-state index contributed by atoms with van der Waals surface area (Å²) in [6, 6.07) is 9.94. The summed E-state index contributed by atoms with van der Waals surface area (Å²) in [7, 11) is -0.833. The van der Waals surface area contributed by atoms with Gasteiger partial charge in [0.2, 0.25) is 10.0 Å². The molecule has 3 aromatic rings. The van der Waals surface area contributed by atoms with Crippen molar-refractivity contribution >= 4 is 26.7 Å². The Balaban J connectivity index is 1.65. The first-order chi connectivity index (χ1) is 13.8. The monoisotopic (exact) mass is 415 g/mol. The molecule has 1 fully saturated rings. The third-order valence-corrected chi connectivity index (χ3v) is 7.18. The number of rotatable bonds is 3. The van der Waals surface area contributed by atoms with E-state index in [2.05, 4.69) is 4.98 Å². The maximum atomic E-state index is 13.1. The second kappa shape index (κ2) is 7.12. The fourth-order valence-corrected chi connectivity index (χ4v) is 5.03. The molecule has 152 valence electrons. The quantitative estimate of drug-likeness (QED) is 0.604. The Kier molecular flexibility index (Phi) is 4.75. The van der Waals surface area contributed by atoms with Gasteiger partial charge < -0.3 is 4.90 Å². The maximum absolute atomic E-state index is 13.1. The molecule has 0 atom stereocenters. The Bertz CT molecular complexity index is 1290. The van der Waals surface area contributed by atoms with Gasteiger partial charge >= 0.3 is 5.69 Å². The molecular formula is C19H21N5O4S. The van der Waals surface area contributed by atoms with Gasteiger partial charge in [-0.3, -0.25) is 13.9 Å². The third kappa shape index (κ3) is 3.23. The number of sulfonamides is 1. The van der Waals surface area contributed by atoms with E-state index < -0.39 is 21.3 Å². The fourth-order valence-electron chi connectivity index (χ4n) is 3.58. The van der Waals surface area contributed by atoms with Crippen LogP contribution in [-0.4, -0.2) is 53.0 Å². The molecule has 0 unspecified atom stereocenters. The Morgan fingerprint density at radius 3 is 2.31 bits per heavy atom. The van der Waals surface area contributed by atoms with Crippen molar-refractivity contribution in [3.63, 3.8) is 0 Å². The zero-order chi connectivity index (χ0) is 20.8. The first-order valence-corrected chi connectivity index (χ1v) is 10.6. The van der Waals surface area contributed by atoms with Crippen LogP contribution >= 0.6 is 0 Å². The number of nitrogens with zero attached hydrogens (tertiary/aromatic N) is 5. The van der Waals surface area contributed by atoms with Crippen LogP contribution in [0.25, 0.3) is 10.9 Å². The molecule has 1 saturated heterocycles. The van der Waals surface area contributed by atoms with Gasteiger partial charge in [0.1, 0.15) is 5.82 Å². The Morgan fingerprint density at radius 1 is 0.931 bits per heavy atom. The van der Waals surface area contributed by atoms with Crippen molar-refractivity contribution < 1.29 is 8.42 Å². The van der Waals surface area contributed by atoms with E-state index >= 15 is 0 Å². The summed E-state index contributed by atoms with van der Waals surface area (Å²) >= 11 is 0. The van der Waals surface area contributed by atoms with Gasteiger partial charge in [-0.15, -0.1) is 0 Å². The molecule has 0 spiro atoms. The van der Waals surface area contributed by atoms with Gasteiger partial charge in [-0.25, -0.2) is 18.2 Å². The van der Waals surface area contributed by atoms with Crippen LogP contribution in [0.4, 0.5) is 5.82 Å². The van der Waals surface area contributed by atoms with Crippen LogP contribution in [0, 0.1) is 0 Å². The van der Waals surface area contributed by atoms with Crippen molar-refractivity contribution in [2.75, 3.05) is 31.1 Å². The molecule has 0 amide bonds. The molecule has 1 aromatic carbocycles. The van der Waals surface area contributed by atoms with Gasteiger partial charge in [-0.2, -0.15) is 4.31 Å². The highest BCUT2D eigenvalue weighted by atomic mass is 32.2. The van der Waals surface area contributed by atoms with Crippen molar-refractivity contribution in [1.29, 1.82) is 0 Å². The smallest absolute Gasteiger partial charge is 0.330 e. The second-order valence-electron chi connectivity index (χ2n) is 6.96. The topological polar surface area (TPSA) is 97.5 Å². The summed E-state index contributed by atoms with van der Waals surface area (Å²) in [6.07, 6.45) is 1.71. The zero-order valence-electron chi connectivity index (χ0n) is 16.1. The van der Waals surface area contributed by atoms with Crippen LogP contribution in [0.15, 0.2) is 57.1 Å². The molecule has 29 heavy (non-hydrogen) atoms. The average molecular weight is 415 g/mol. The largest absolute Gasteiger partial charge is 0.354 e. The minimum atomic E-state index is -3.76. The van der Waals surface area contributed by atoms with Crippen LogP contribution in [0.2, 0.25) is 0 Å². The zero-order valence-corrected chi connectivity index (χ0v) is 17.0. The molecule has 3 heterocycles. The predicted molar refractivity (Wildman–Crippen MR) is 110 cm³/mol. The Labute approximate surface area is 167 Å². The second-order valence-corrected chi connectivity index (χ2v) is 8.90. The summed E-state index contributed by atoms with van der Waals surface area (Å²) in [5, 5.41) is 0.197. The highest BCUT2D eigenvalue weighted by molar-refractivity contribution is 7.89. The van der Waals surface area contributed by atoms with Gasteiger partial charge in [0.15, 0.2) is 0 Å². The lowest BCUT2D eigenvalue weighted by Gasteiger charge is -2.34. The molecule has 0 bridgehead atoms. The van der Waals surface area contributed by atoms with Crippen LogP contribution in [-0.2, 0) is 24.1 Å². The van der Waals surface area contributed by atoms with E-state index in [0.717, 1.165) is 10.4 Å². The van der Waals surface area contributed by atoms with E-state index in [1.165, 1.54) is 34.1 Å². The van der Waals surface area contributed by atoms with Crippen molar-refractivity contribution in [3.8, 4) is 0 Å². The average Bonchev–Trinajstić information content (AvgIpc) is 2.76. The van der Waals surface area contributed by atoms with E-state index in [1.54, 1.807) is 13.2 Å². The highest BCUT2D eigenvalue weighted by Crippen LogP contribution is 2.22. The molecular weight excluding hydrogens is 394 g/mol. The summed E-state index contributed by atoms with van der Waals surface area (Å²) in [5.74, 6) is 0.819. The number of benzene rings is 1. The molecule has 0 aliphatic carbocycles. The van der Waals surface area contributed by atoms with Crippen LogP contribution in [0.5, 0.6) is 0 Å².